The zero-order valence-corrected chi connectivity index (χ0v) is 37.0. The van der Waals surface area contributed by atoms with Crippen LogP contribution in [0, 0.1) is 0 Å². The van der Waals surface area contributed by atoms with Gasteiger partial charge in [-0.25, -0.2) is 14.6 Å². The number of amides is 3. The Labute approximate surface area is 345 Å². The molecule has 0 aliphatic heterocycles. The van der Waals surface area contributed by atoms with Crippen molar-refractivity contribution in [3.05, 3.63) is 63.6 Å². The highest BCUT2D eigenvalue weighted by atomic mass is 79.9. The number of likely N-dealkylation sites (N-methyl/N-ethyl adjacent to an activating group) is 1. The fraction of sp³-hybridized carbons (Fsp3) is 0.450. The summed E-state index contributed by atoms with van der Waals surface area (Å²) in [5, 5.41) is 8.11. The number of fused-ring (bicyclic) bond motifs is 4. The number of halogens is 2. The highest BCUT2D eigenvalue weighted by molar-refractivity contribution is 9.10. The number of rotatable bonds is 10. The molecule has 3 amide bonds. The Balaban J connectivity index is 0.000000295. The van der Waals surface area contributed by atoms with E-state index in [0.717, 1.165) is 59.8 Å². The second-order valence-electron chi connectivity index (χ2n) is 14.7. The molecule has 0 saturated carbocycles. The van der Waals surface area contributed by atoms with Crippen molar-refractivity contribution in [3.8, 4) is 0 Å². The predicted octanol–water partition coefficient (Wildman–Crippen LogP) is 8.92. The van der Waals surface area contributed by atoms with Crippen LogP contribution in [0.4, 0.5) is 21.0 Å². The number of nitrogens with zero attached hydrogens (tertiary/aromatic N) is 6. The molecule has 0 unspecified atom stereocenters. The molecular weight excluding hydrogens is 848 g/mol. The van der Waals surface area contributed by atoms with Gasteiger partial charge in [0.25, 0.3) is 0 Å². The number of carbonyl (C=O) groups is 3. The molecule has 3 aromatic heterocycles. The molecule has 0 aliphatic carbocycles. The maximum Gasteiger partial charge on any atom is 0.410 e. The van der Waals surface area contributed by atoms with Gasteiger partial charge in [0.1, 0.15) is 29.1 Å². The SMILES string of the molecule is CCN(Cc1nc2cnc3cc(Br)ccc3c2n1CC)C(=O)OC(C)(C)C.CCNc1c(NC(=O)CN(CC)C(=O)OC(C)(C)C)cnc2cc(Br)ccc12.O. The Morgan fingerprint density at radius 2 is 1.30 bits per heavy atom. The summed E-state index contributed by atoms with van der Waals surface area (Å²) in [5.41, 5.74) is 3.84. The van der Waals surface area contributed by atoms with E-state index >= 15 is 0 Å². The van der Waals surface area contributed by atoms with Gasteiger partial charge in [0.05, 0.1) is 46.9 Å². The number of hydrogen-bond donors (Lipinski definition) is 2. The van der Waals surface area contributed by atoms with Crippen LogP contribution >= 0.6 is 31.9 Å². The van der Waals surface area contributed by atoms with E-state index in [0.29, 0.717) is 31.9 Å². The summed E-state index contributed by atoms with van der Waals surface area (Å²) < 4.78 is 15.0. The van der Waals surface area contributed by atoms with Crippen molar-refractivity contribution >= 4 is 94.2 Å². The molecule has 4 N–H and O–H groups in total. The lowest BCUT2D eigenvalue weighted by atomic mass is 10.1. The number of carbonyl (C=O) groups excluding carboxylic acids is 3. The predicted molar refractivity (Wildman–Crippen MR) is 230 cm³/mol. The van der Waals surface area contributed by atoms with Gasteiger partial charge in [-0.05, 0) is 106 Å². The first-order valence-corrected chi connectivity index (χ1v) is 20.0. The zero-order valence-electron chi connectivity index (χ0n) is 33.8. The number of aromatic nitrogens is 4. The van der Waals surface area contributed by atoms with Crippen LogP contribution in [0.25, 0.3) is 32.8 Å². The van der Waals surface area contributed by atoms with Crippen LogP contribution in [-0.2, 0) is 27.4 Å². The number of nitrogens with one attached hydrogen (secondary N) is 2. The Kier molecular flexibility index (Phi) is 16.0. The van der Waals surface area contributed by atoms with Gasteiger partial charge in [0.2, 0.25) is 5.91 Å². The number of ether oxygens (including phenoxy) is 2. The summed E-state index contributed by atoms with van der Waals surface area (Å²) in [5.74, 6) is 0.516. The molecule has 56 heavy (non-hydrogen) atoms. The van der Waals surface area contributed by atoms with Crippen LogP contribution in [-0.4, -0.2) is 90.3 Å². The normalized spacial score (nSPS) is 11.4. The molecule has 0 spiro atoms. The van der Waals surface area contributed by atoms with E-state index in [4.69, 9.17) is 14.5 Å². The minimum absolute atomic E-state index is 0. The summed E-state index contributed by atoms with van der Waals surface area (Å²) in [6.07, 6.45) is 2.57. The van der Waals surface area contributed by atoms with Crippen LogP contribution in [0.15, 0.2) is 57.7 Å². The van der Waals surface area contributed by atoms with E-state index in [1.54, 1.807) is 45.0 Å². The van der Waals surface area contributed by atoms with Crippen molar-refractivity contribution in [3.63, 3.8) is 0 Å². The molecule has 3 heterocycles. The van der Waals surface area contributed by atoms with Crippen LogP contribution in [0.2, 0.25) is 0 Å². The molecule has 0 saturated heterocycles. The fourth-order valence-corrected chi connectivity index (χ4v) is 6.42. The van der Waals surface area contributed by atoms with Gasteiger partial charge >= 0.3 is 12.2 Å². The standard InChI is InChI=1S/C20H27BrN4O3.C20H25BrN4O2.H2O/c1-6-22-18-14-9-8-13(21)10-15(14)23-11-16(18)24-17(26)12-25(7-2)19(27)28-20(3,4)5;1-6-24(19(26)27-20(3,4)5)12-17-23-16-11-22-15-10-13(21)8-9-14(15)18(16)25(17)7-2;/h8-11H,6-7,12H2,1-5H3,(H,22,23)(H,24,26);8-11H,6-7,12H2,1-5H3;1H2. The summed E-state index contributed by atoms with van der Waals surface area (Å²) in [7, 11) is 0. The number of hydrogen-bond acceptors (Lipinski definition) is 9. The molecule has 16 heteroatoms. The van der Waals surface area contributed by atoms with Gasteiger partial charge in [-0.2, -0.15) is 0 Å². The summed E-state index contributed by atoms with van der Waals surface area (Å²) in [4.78, 5) is 54.1. The van der Waals surface area contributed by atoms with Gasteiger partial charge in [-0.15, -0.1) is 0 Å². The van der Waals surface area contributed by atoms with Crippen molar-refractivity contribution in [1.29, 1.82) is 0 Å². The molecule has 0 fully saturated rings. The zero-order chi connectivity index (χ0) is 40.7. The van der Waals surface area contributed by atoms with Crippen molar-refractivity contribution in [2.75, 3.05) is 36.8 Å². The molecular formula is C40H54Br2N8O6. The Morgan fingerprint density at radius 3 is 1.84 bits per heavy atom. The summed E-state index contributed by atoms with van der Waals surface area (Å²) >= 11 is 6.94. The van der Waals surface area contributed by atoms with Gasteiger partial charge in [0, 0.05) is 45.9 Å². The largest absolute Gasteiger partial charge is 0.444 e. The Morgan fingerprint density at radius 1 is 0.768 bits per heavy atom. The van der Waals surface area contributed by atoms with E-state index in [-0.39, 0.29) is 24.0 Å². The molecule has 304 valence electrons. The minimum Gasteiger partial charge on any atom is -0.444 e. The van der Waals surface area contributed by atoms with Gasteiger partial charge < -0.3 is 35.1 Å². The molecule has 5 rings (SSSR count). The second-order valence-corrected chi connectivity index (χ2v) is 16.5. The van der Waals surface area contributed by atoms with Crippen LogP contribution in [0.5, 0.6) is 0 Å². The lowest BCUT2D eigenvalue weighted by Crippen LogP contribution is -2.41. The monoisotopic (exact) mass is 900 g/mol. The molecule has 14 nitrogen and oxygen atoms in total. The minimum atomic E-state index is -0.615. The smallest absolute Gasteiger partial charge is 0.410 e. The number of imidazole rings is 1. The van der Waals surface area contributed by atoms with Crippen molar-refractivity contribution in [2.24, 2.45) is 0 Å². The number of aryl methyl sites for hydroxylation is 1. The van der Waals surface area contributed by atoms with E-state index in [2.05, 4.69) is 70.0 Å². The van der Waals surface area contributed by atoms with Gasteiger partial charge in [-0.3, -0.25) is 19.7 Å². The van der Waals surface area contributed by atoms with Crippen LogP contribution in [0.3, 0.4) is 0 Å². The van der Waals surface area contributed by atoms with Gasteiger partial charge in [0.15, 0.2) is 0 Å². The third-order valence-corrected chi connectivity index (χ3v) is 9.11. The molecule has 0 bridgehead atoms. The van der Waals surface area contributed by atoms with E-state index in [9.17, 15) is 14.4 Å². The third kappa shape index (κ3) is 12.0. The highest BCUT2D eigenvalue weighted by Crippen LogP contribution is 2.32. The summed E-state index contributed by atoms with van der Waals surface area (Å²) in [6, 6.07) is 11.9. The van der Waals surface area contributed by atoms with Gasteiger partial charge in [-0.1, -0.05) is 31.9 Å². The van der Waals surface area contributed by atoms with Crippen LogP contribution in [0.1, 0.15) is 75.1 Å². The quantitative estimate of drug-likeness (QED) is 0.139. The van der Waals surface area contributed by atoms with Crippen molar-refractivity contribution in [1.82, 2.24) is 29.3 Å². The van der Waals surface area contributed by atoms with E-state index in [1.807, 2.05) is 65.0 Å². The molecule has 0 aliphatic rings. The average Bonchev–Trinajstić information content (AvgIpc) is 3.46. The average molecular weight is 903 g/mol. The topological polar surface area (TPSA) is 175 Å². The first kappa shape index (κ1) is 45.8. The molecule has 2 aromatic carbocycles. The highest BCUT2D eigenvalue weighted by Gasteiger charge is 2.25. The van der Waals surface area contributed by atoms with E-state index < -0.39 is 17.3 Å². The maximum absolute atomic E-state index is 12.6. The fourth-order valence-electron chi connectivity index (χ4n) is 5.72. The molecule has 0 atom stereocenters. The first-order valence-electron chi connectivity index (χ1n) is 18.4. The van der Waals surface area contributed by atoms with Crippen LogP contribution < -0.4 is 10.6 Å². The number of pyridine rings is 2. The van der Waals surface area contributed by atoms with E-state index in [1.165, 1.54) is 4.90 Å². The molecule has 5 aromatic rings. The Bertz CT molecular complexity index is 2160. The lowest BCUT2D eigenvalue weighted by Gasteiger charge is -2.26. The van der Waals surface area contributed by atoms with Crippen molar-refractivity contribution in [2.45, 2.75) is 93.5 Å². The molecule has 0 radical (unpaired) electrons. The Hall–Kier alpha value is -4.54. The number of anilines is 2. The third-order valence-electron chi connectivity index (χ3n) is 8.12. The van der Waals surface area contributed by atoms with Crippen molar-refractivity contribution < 1.29 is 29.3 Å². The maximum atomic E-state index is 12.6. The lowest BCUT2D eigenvalue weighted by molar-refractivity contribution is -0.117. The second kappa shape index (κ2) is 19.6. The summed E-state index contributed by atoms with van der Waals surface area (Å²) in [6.45, 7) is 21.5. The number of benzene rings is 2. The first-order chi connectivity index (χ1) is 25.9.